The molecule has 2 aromatic carbocycles. The Bertz CT molecular complexity index is 830. The fourth-order valence-corrected chi connectivity index (χ4v) is 5.03. The Morgan fingerprint density at radius 3 is 2.65 bits per heavy atom. The zero-order valence-electron chi connectivity index (χ0n) is 14.8. The van der Waals surface area contributed by atoms with Gasteiger partial charge in [0.1, 0.15) is 5.82 Å². The first-order chi connectivity index (χ1) is 12.5. The number of halogens is 1. The van der Waals surface area contributed by atoms with Gasteiger partial charge in [-0.2, -0.15) is 17.0 Å². The number of benzene rings is 2. The lowest BCUT2D eigenvalue weighted by molar-refractivity contribution is 0.246. The van der Waals surface area contributed by atoms with E-state index in [0.29, 0.717) is 38.3 Å². The van der Waals surface area contributed by atoms with Crippen molar-refractivity contribution < 1.29 is 12.8 Å². The van der Waals surface area contributed by atoms with Crippen LogP contribution < -0.4 is 5.32 Å². The third-order valence-electron chi connectivity index (χ3n) is 4.60. The van der Waals surface area contributed by atoms with Gasteiger partial charge in [0.15, 0.2) is 0 Å². The Labute approximate surface area is 154 Å². The van der Waals surface area contributed by atoms with Crippen LogP contribution in [0.5, 0.6) is 0 Å². The van der Waals surface area contributed by atoms with Crippen LogP contribution in [-0.4, -0.2) is 43.2 Å². The molecule has 3 rings (SSSR count). The molecular weight excluding hydrogens is 353 g/mol. The van der Waals surface area contributed by atoms with Gasteiger partial charge in [0.25, 0.3) is 10.2 Å². The highest BCUT2D eigenvalue weighted by molar-refractivity contribution is 7.86. The van der Waals surface area contributed by atoms with E-state index in [1.165, 1.54) is 20.7 Å². The molecule has 1 unspecified atom stereocenters. The van der Waals surface area contributed by atoms with E-state index < -0.39 is 16.3 Å². The summed E-state index contributed by atoms with van der Waals surface area (Å²) < 4.78 is 43.3. The molecule has 0 aromatic heterocycles. The van der Waals surface area contributed by atoms with Crippen molar-refractivity contribution in [1.29, 1.82) is 0 Å². The number of nitrogens with one attached hydrogen (secondary N) is 1. The molecule has 7 heteroatoms. The van der Waals surface area contributed by atoms with E-state index in [2.05, 4.69) is 5.32 Å². The molecule has 1 aliphatic rings. The van der Waals surface area contributed by atoms with E-state index in [0.717, 1.165) is 5.56 Å². The van der Waals surface area contributed by atoms with Crippen molar-refractivity contribution in [2.45, 2.75) is 19.5 Å². The van der Waals surface area contributed by atoms with Gasteiger partial charge in [-0.15, -0.1) is 0 Å². The van der Waals surface area contributed by atoms with Crippen molar-refractivity contribution in [3.63, 3.8) is 0 Å². The maximum absolute atomic E-state index is 13.7. The summed E-state index contributed by atoms with van der Waals surface area (Å²) in [4.78, 5) is 0. The van der Waals surface area contributed by atoms with E-state index >= 15 is 0 Å². The van der Waals surface area contributed by atoms with Crippen LogP contribution in [0.2, 0.25) is 0 Å². The molecule has 2 aromatic rings. The average Bonchev–Trinajstić information content (AvgIpc) is 2.67. The molecule has 1 atom stereocenters. The first-order valence-electron chi connectivity index (χ1n) is 8.79. The molecule has 0 aliphatic carbocycles. The summed E-state index contributed by atoms with van der Waals surface area (Å²) in [6, 6.07) is 15.3. The fraction of sp³-hybridized carbons (Fsp3) is 0.368. The lowest BCUT2D eigenvalue weighted by atomic mass is 10.1. The summed E-state index contributed by atoms with van der Waals surface area (Å²) >= 11 is 0. The van der Waals surface area contributed by atoms with Gasteiger partial charge in [0, 0.05) is 32.7 Å². The number of piperazine rings is 1. The van der Waals surface area contributed by atoms with Gasteiger partial charge in [-0.25, -0.2) is 4.39 Å². The minimum atomic E-state index is -3.68. The third kappa shape index (κ3) is 4.12. The molecule has 0 saturated carbocycles. The summed E-state index contributed by atoms with van der Waals surface area (Å²) in [5.74, 6) is -0.359. The van der Waals surface area contributed by atoms with Crippen LogP contribution in [-0.2, 0) is 16.8 Å². The maximum atomic E-state index is 13.7. The van der Waals surface area contributed by atoms with Crippen LogP contribution >= 0.6 is 0 Å². The van der Waals surface area contributed by atoms with Crippen molar-refractivity contribution in [2.75, 3.05) is 26.2 Å². The molecule has 1 saturated heterocycles. The summed E-state index contributed by atoms with van der Waals surface area (Å²) in [5, 5.41) is 3.21. The largest absolute Gasteiger partial charge is 0.313 e. The molecule has 1 aliphatic heterocycles. The van der Waals surface area contributed by atoms with Crippen LogP contribution in [0.3, 0.4) is 0 Å². The van der Waals surface area contributed by atoms with E-state index in [-0.39, 0.29) is 5.82 Å². The highest BCUT2D eigenvalue weighted by Gasteiger charge is 2.36. The molecule has 1 fully saturated rings. The molecule has 5 nitrogen and oxygen atoms in total. The van der Waals surface area contributed by atoms with Crippen LogP contribution in [0.25, 0.3) is 0 Å². The van der Waals surface area contributed by atoms with Crippen LogP contribution in [0, 0.1) is 5.82 Å². The van der Waals surface area contributed by atoms with E-state index in [1.807, 2.05) is 37.3 Å². The molecule has 1 N–H and O–H groups in total. The summed E-state index contributed by atoms with van der Waals surface area (Å²) in [6.07, 6.45) is 0. The van der Waals surface area contributed by atoms with Crippen LogP contribution in [0.4, 0.5) is 4.39 Å². The highest BCUT2D eigenvalue weighted by Crippen LogP contribution is 2.28. The Morgan fingerprint density at radius 2 is 1.96 bits per heavy atom. The van der Waals surface area contributed by atoms with Crippen molar-refractivity contribution in [3.8, 4) is 0 Å². The first-order valence-corrected chi connectivity index (χ1v) is 10.2. The summed E-state index contributed by atoms with van der Waals surface area (Å²) in [5.41, 5.74) is 1.60. The SMILES string of the molecule is CCN(Cc1ccccc1)S(=O)(=O)N1CCNCC1c1cccc(F)c1. The Kier molecular flexibility index (Phi) is 6.03. The smallest absolute Gasteiger partial charge is 0.282 e. The van der Waals surface area contributed by atoms with Gasteiger partial charge >= 0.3 is 0 Å². The highest BCUT2D eigenvalue weighted by atomic mass is 32.2. The zero-order valence-corrected chi connectivity index (χ0v) is 15.6. The molecule has 0 amide bonds. The minimum absolute atomic E-state index is 0.319. The normalized spacial score (nSPS) is 19.0. The molecular formula is C19H24FN3O2S. The number of hydrogen-bond donors (Lipinski definition) is 1. The second kappa shape index (κ2) is 8.26. The number of hydrogen-bond acceptors (Lipinski definition) is 3. The van der Waals surface area contributed by atoms with E-state index in [9.17, 15) is 12.8 Å². The topological polar surface area (TPSA) is 52.7 Å². The standard InChI is InChI=1S/C19H24FN3O2S/c1-2-22(15-16-7-4-3-5-8-16)26(24,25)23-12-11-21-14-19(23)17-9-6-10-18(20)13-17/h3-10,13,19,21H,2,11-12,14-15H2,1H3. The molecule has 0 spiro atoms. The second-order valence-corrected chi connectivity index (χ2v) is 8.19. The Balaban J connectivity index is 1.89. The summed E-state index contributed by atoms with van der Waals surface area (Å²) in [6.45, 7) is 3.92. The second-order valence-electron chi connectivity index (χ2n) is 6.31. The quantitative estimate of drug-likeness (QED) is 0.842. The van der Waals surface area contributed by atoms with Gasteiger partial charge in [0.05, 0.1) is 6.04 Å². The Hall–Kier alpha value is -1.80. The van der Waals surface area contributed by atoms with Crippen molar-refractivity contribution in [1.82, 2.24) is 13.9 Å². The van der Waals surface area contributed by atoms with Crippen molar-refractivity contribution in [3.05, 3.63) is 71.5 Å². The van der Waals surface area contributed by atoms with Crippen molar-refractivity contribution >= 4 is 10.2 Å². The van der Waals surface area contributed by atoms with E-state index in [1.54, 1.807) is 12.1 Å². The molecule has 140 valence electrons. The average molecular weight is 377 g/mol. The van der Waals surface area contributed by atoms with Crippen molar-refractivity contribution in [2.24, 2.45) is 0 Å². The first kappa shape index (κ1) is 19.0. The van der Waals surface area contributed by atoms with Gasteiger partial charge in [-0.1, -0.05) is 49.4 Å². The maximum Gasteiger partial charge on any atom is 0.282 e. The minimum Gasteiger partial charge on any atom is -0.313 e. The molecule has 26 heavy (non-hydrogen) atoms. The lowest BCUT2D eigenvalue weighted by Crippen LogP contribution is -2.53. The third-order valence-corrected chi connectivity index (χ3v) is 6.67. The van der Waals surface area contributed by atoms with E-state index in [4.69, 9.17) is 0 Å². The monoisotopic (exact) mass is 377 g/mol. The fourth-order valence-electron chi connectivity index (χ4n) is 3.25. The van der Waals surface area contributed by atoms with Crippen LogP contribution in [0.15, 0.2) is 54.6 Å². The van der Waals surface area contributed by atoms with Gasteiger partial charge in [-0.3, -0.25) is 0 Å². The van der Waals surface area contributed by atoms with Gasteiger partial charge in [0.2, 0.25) is 0 Å². The van der Waals surface area contributed by atoms with Gasteiger partial charge in [-0.05, 0) is 23.3 Å². The Morgan fingerprint density at radius 1 is 1.19 bits per heavy atom. The zero-order chi connectivity index (χ0) is 18.6. The predicted octanol–water partition coefficient (Wildman–Crippen LogP) is 2.54. The molecule has 0 bridgehead atoms. The molecule has 0 radical (unpaired) electrons. The number of rotatable bonds is 6. The van der Waals surface area contributed by atoms with Gasteiger partial charge < -0.3 is 5.32 Å². The summed E-state index contributed by atoms with van der Waals surface area (Å²) in [7, 11) is -3.68. The van der Waals surface area contributed by atoms with Crippen LogP contribution in [0.1, 0.15) is 24.1 Å². The molecule has 1 heterocycles. The predicted molar refractivity (Wildman–Crippen MR) is 100 cm³/mol. The lowest BCUT2D eigenvalue weighted by Gasteiger charge is -2.38. The number of nitrogens with zero attached hydrogens (tertiary/aromatic N) is 2.